The largest absolute Gasteiger partial charge is 0.305 e. The molecule has 104 valence electrons. The molecule has 0 atom stereocenters. The van der Waals surface area contributed by atoms with Crippen LogP contribution in [0, 0.1) is 13.8 Å². The molecular formula is C17H15N3O. The van der Waals surface area contributed by atoms with Crippen LogP contribution in [0.15, 0.2) is 53.4 Å². The highest BCUT2D eigenvalue weighted by atomic mass is 16.2. The summed E-state index contributed by atoms with van der Waals surface area (Å²) in [4.78, 5) is 20.5. The minimum atomic E-state index is -0.185. The zero-order chi connectivity index (χ0) is 14.8. The fourth-order valence-electron chi connectivity index (χ4n) is 2.17. The second-order valence-electron chi connectivity index (χ2n) is 5.05. The van der Waals surface area contributed by atoms with Crippen molar-refractivity contribution in [1.29, 1.82) is 0 Å². The first-order valence-electron chi connectivity index (χ1n) is 6.73. The smallest absolute Gasteiger partial charge is 0.275 e. The van der Waals surface area contributed by atoms with Crippen molar-refractivity contribution in [2.75, 3.05) is 0 Å². The molecule has 4 nitrogen and oxygen atoms in total. The molecule has 0 aliphatic carbocycles. The van der Waals surface area contributed by atoms with Gasteiger partial charge in [0.05, 0.1) is 0 Å². The van der Waals surface area contributed by atoms with Gasteiger partial charge in [0.15, 0.2) is 0 Å². The lowest BCUT2D eigenvalue weighted by molar-refractivity contribution is -0.115. The molecule has 1 amide bonds. The van der Waals surface area contributed by atoms with Crippen LogP contribution in [0.5, 0.6) is 0 Å². The van der Waals surface area contributed by atoms with Gasteiger partial charge in [-0.1, -0.05) is 23.8 Å². The van der Waals surface area contributed by atoms with Gasteiger partial charge in [-0.2, -0.15) is 0 Å². The molecule has 2 aromatic rings. The molecule has 1 aromatic heterocycles. The fourth-order valence-corrected chi connectivity index (χ4v) is 2.17. The average Bonchev–Trinajstić information content (AvgIpc) is 2.85. The molecule has 1 aliphatic rings. The Balaban J connectivity index is 1.99. The van der Waals surface area contributed by atoms with Crippen molar-refractivity contribution in [3.8, 4) is 0 Å². The van der Waals surface area contributed by atoms with Crippen molar-refractivity contribution >= 4 is 17.8 Å². The quantitative estimate of drug-likeness (QED) is 0.858. The topological polar surface area (TPSA) is 54.4 Å². The first kappa shape index (κ1) is 13.2. The molecule has 1 N–H and O–H groups in total. The molecule has 0 bridgehead atoms. The molecule has 21 heavy (non-hydrogen) atoms. The fraction of sp³-hybridized carbons (Fsp3) is 0.118. The highest BCUT2D eigenvalue weighted by Crippen LogP contribution is 2.18. The molecule has 1 aromatic carbocycles. The number of hydrogen-bond acceptors (Lipinski definition) is 3. The van der Waals surface area contributed by atoms with Crippen LogP contribution in [0.1, 0.15) is 22.3 Å². The van der Waals surface area contributed by atoms with Crippen molar-refractivity contribution in [2.24, 2.45) is 4.99 Å². The Labute approximate surface area is 123 Å². The van der Waals surface area contributed by atoms with Crippen LogP contribution in [-0.4, -0.2) is 16.7 Å². The van der Waals surface area contributed by atoms with Gasteiger partial charge in [-0.3, -0.25) is 9.78 Å². The molecule has 0 saturated heterocycles. The second-order valence-corrected chi connectivity index (χ2v) is 5.05. The number of hydrogen-bond donors (Lipinski definition) is 1. The molecule has 0 radical (unpaired) electrons. The van der Waals surface area contributed by atoms with E-state index in [1.165, 1.54) is 0 Å². The summed E-state index contributed by atoms with van der Waals surface area (Å²) in [6.45, 7) is 4.05. The normalized spacial score (nSPS) is 16.0. The summed E-state index contributed by atoms with van der Waals surface area (Å²) in [7, 11) is 0. The highest BCUT2D eigenvalue weighted by Gasteiger charge is 2.21. The monoisotopic (exact) mass is 277 g/mol. The summed E-state index contributed by atoms with van der Waals surface area (Å²) in [5, 5.41) is 2.78. The number of amides is 1. The second kappa shape index (κ2) is 5.32. The minimum absolute atomic E-state index is 0.185. The third kappa shape index (κ3) is 2.74. The van der Waals surface area contributed by atoms with Gasteiger partial charge >= 0.3 is 0 Å². The predicted octanol–water partition coefficient (Wildman–Crippen LogP) is 2.62. The molecule has 0 fully saturated rings. The van der Waals surface area contributed by atoms with E-state index in [1.54, 1.807) is 12.4 Å². The number of amidine groups is 1. The van der Waals surface area contributed by atoms with Crippen molar-refractivity contribution in [3.63, 3.8) is 0 Å². The molecule has 0 saturated carbocycles. The molecule has 4 heteroatoms. The lowest BCUT2D eigenvalue weighted by atomic mass is 10.0. The van der Waals surface area contributed by atoms with Crippen LogP contribution in [0.3, 0.4) is 0 Å². The Bertz CT molecular complexity index is 761. The summed E-state index contributed by atoms with van der Waals surface area (Å²) >= 11 is 0. The number of carbonyl (C=O) groups is 1. The van der Waals surface area contributed by atoms with Gasteiger partial charge in [0.1, 0.15) is 11.5 Å². The molecule has 0 unspecified atom stereocenters. The maximum absolute atomic E-state index is 12.0. The predicted molar refractivity (Wildman–Crippen MR) is 82.8 cm³/mol. The number of aliphatic imine (C=N–C) groups is 1. The van der Waals surface area contributed by atoms with E-state index < -0.39 is 0 Å². The van der Waals surface area contributed by atoms with Crippen molar-refractivity contribution in [3.05, 3.63) is 70.7 Å². The number of pyridine rings is 1. The van der Waals surface area contributed by atoms with E-state index in [4.69, 9.17) is 0 Å². The summed E-state index contributed by atoms with van der Waals surface area (Å²) in [6.07, 6.45) is 5.19. The number of benzene rings is 1. The summed E-state index contributed by atoms with van der Waals surface area (Å²) in [5.74, 6) is 0.361. The Morgan fingerprint density at radius 2 is 2.05 bits per heavy atom. The van der Waals surface area contributed by atoms with Crippen LogP contribution in [0.2, 0.25) is 0 Å². The maximum Gasteiger partial charge on any atom is 0.275 e. The van der Waals surface area contributed by atoms with Gasteiger partial charge in [-0.15, -0.1) is 0 Å². The average molecular weight is 277 g/mol. The van der Waals surface area contributed by atoms with Gasteiger partial charge in [0, 0.05) is 18.0 Å². The number of nitrogens with one attached hydrogen (secondary N) is 1. The van der Waals surface area contributed by atoms with Gasteiger partial charge in [-0.05, 0) is 43.2 Å². The van der Waals surface area contributed by atoms with Crippen LogP contribution in [-0.2, 0) is 4.79 Å². The Morgan fingerprint density at radius 1 is 1.19 bits per heavy atom. The maximum atomic E-state index is 12.0. The van der Waals surface area contributed by atoms with E-state index in [2.05, 4.69) is 21.4 Å². The van der Waals surface area contributed by atoms with Crippen molar-refractivity contribution in [1.82, 2.24) is 10.3 Å². The Kier molecular flexibility index (Phi) is 3.36. The summed E-state index contributed by atoms with van der Waals surface area (Å²) in [6, 6.07) is 9.83. The van der Waals surface area contributed by atoms with Crippen LogP contribution in [0.4, 0.5) is 0 Å². The minimum Gasteiger partial charge on any atom is -0.305 e. The number of rotatable bonds is 2. The number of aryl methyl sites for hydroxylation is 2. The third-order valence-corrected chi connectivity index (χ3v) is 3.36. The van der Waals surface area contributed by atoms with E-state index in [1.807, 2.05) is 44.2 Å². The Morgan fingerprint density at radius 3 is 2.81 bits per heavy atom. The van der Waals surface area contributed by atoms with E-state index in [9.17, 15) is 4.79 Å². The molecule has 2 heterocycles. The standard InChI is InChI=1S/C17H15N3O/c1-11-5-6-12(2)14(8-11)9-15-17(21)20-16(19-15)13-4-3-7-18-10-13/h3-10H,1-2H3,(H,19,20,21)/b15-9+. The van der Waals surface area contributed by atoms with Gasteiger partial charge in [-0.25, -0.2) is 4.99 Å². The number of nitrogens with zero attached hydrogens (tertiary/aromatic N) is 2. The van der Waals surface area contributed by atoms with Crippen molar-refractivity contribution in [2.45, 2.75) is 13.8 Å². The van der Waals surface area contributed by atoms with Gasteiger partial charge in [0.2, 0.25) is 0 Å². The third-order valence-electron chi connectivity index (χ3n) is 3.36. The van der Waals surface area contributed by atoms with E-state index >= 15 is 0 Å². The number of carbonyl (C=O) groups excluding carboxylic acids is 1. The zero-order valence-corrected chi connectivity index (χ0v) is 11.9. The molecule has 0 spiro atoms. The van der Waals surface area contributed by atoms with E-state index in [0.29, 0.717) is 11.5 Å². The number of aromatic nitrogens is 1. The Hall–Kier alpha value is -2.75. The molecule has 1 aliphatic heterocycles. The molecular weight excluding hydrogens is 262 g/mol. The van der Waals surface area contributed by atoms with E-state index in [-0.39, 0.29) is 5.91 Å². The zero-order valence-electron chi connectivity index (χ0n) is 11.9. The van der Waals surface area contributed by atoms with Crippen LogP contribution < -0.4 is 5.32 Å². The van der Waals surface area contributed by atoms with Crippen LogP contribution in [0.25, 0.3) is 6.08 Å². The summed E-state index contributed by atoms with van der Waals surface area (Å²) in [5.41, 5.74) is 4.50. The lowest BCUT2D eigenvalue weighted by Crippen LogP contribution is -2.24. The SMILES string of the molecule is Cc1ccc(C)c(/C=C2/N=C(c3cccnc3)NC2=O)c1. The van der Waals surface area contributed by atoms with E-state index in [0.717, 1.165) is 22.3 Å². The lowest BCUT2D eigenvalue weighted by Gasteiger charge is -2.02. The molecule has 3 rings (SSSR count). The first-order chi connectivity index (χ1) is 10.1. The van der Waals surface area contributed by atoms with Crippen LogP contribution >= 0.6 is 0 Å². The summed E-state index contributed by atoms with van der Waals surface area (Å²) < 4.78 is 0. The van der Waals surface area contributed by atoms with Gasteiger partial charge in [0.25, 0.3) is 5.91 Å². The highest BCUT2D eigenvalue weighted by molar-refractivity contribution is 6.19. The van der Waals surface area contributed by atoms with Crippen molar-refractivity contribution < 1.29 is 4.79 Å². The first-order valence-corrected chi connectivity index (χ1v) is 6.73. The van der Waals surface area contributed by atoms with Gasteiger partial charge < -0.3 is 5.32 Å².